The molecular weight excluding hydrogens is 236 g/mol. The number of sulfone groups is 1. The molecule has 2 aromatic carbocycles. The van der Waals surface area contributed by atoms with Crippen molar-refractivity contribution in [2.75, 3.05) is 0 Å². The number of phenolic OH excluding ortho intramolecular Hbond substituents is 1. The molecule has 0 aliphatic carbocycles. The summed E-state index contributed by atoms with van der Waals surface area (Å²) in [4.78, 5) is 0.448. The van der Waals surface area contributed by atoms with Crippen molar-refractivity contribution in [2.45, 2.75) is 16.7 Å². The molecule has 0 atom stereocenters. The standard InChI is InChI=1S/C13H12O3S/c1-10-9-12(7-8-13(10)14)17(15,16)11-5-3-2-4-6-11/h2-9,14H,1H3. The summed E-state index contributed by atoms with van der Waals surface area (Å²) in [6, 6.07) is 12.5. The lowest BCUT2D eigenvalue weighted by molar-refractivity contribution is 0.470. The van der Waals surface area contributed by atoms with Gasteiger partial charge in [-0.2, -0.15) is 0 Å². The maximum Gasteiger partial charge on any atom is 0.206 e. The van der Waals surface area contributed by atoms with Crippen LogP contribution in [0.3, 0.4) is 0 Å². The Morgan fingerprint density at radius 3 is 2.18 bits per heavy atom. The third-order valence-electron chi connectivity index (χ3n) is 2.53. The summed E-state index contributed by atoms with van der Waals surface area (Å²) in [5, 5.41) is 9.39. The van der Waals surface area contributed by atoms with E-state index in [-0.39, 0.29) is 15.5 Å². The molecule has 88 valence electrons. The first kappa shape index (κ1) is 11.7. The molecule has 2 rings (SSSR count). The van der Waals surface area contributed by atoms with Crippen molar-refractivity contribution in [1.29, 1.82) is 0 Å². The Kier molecular flexibility index (Phi) is 2.90. The minimum atomic E-state index is -3.49. The van der Waals surface area contributed by atoms with Crippen molar-refractivity contribution in [1.82, 2.24) is 0 Å². The maximum atomic E-state index is 12.2. The minimum absolute atomic E-state index is 0.0945. The number of phenols is 1. The van der Waals surface area contributed by atoms with E-state index in [9.17, 15) is 13.5 Å². The lowest BCUT2D eigenvalue weighted by Crippen LogP contribution is -2.01. The molecule has 0 unspecified atom stereocenters. The smallest absolute Gasteiger partial charge is 0.206 e. The van der Waals surface area contributed by atoms with Crippen LogP contribution in [0.2, 0.25) is 0 Å². The second kappa shape index (κ2) is 4.22. The molecule has 3 nitrogen and oxygen atoms in total. The van der Waals surface area contributed by atoms with Crippen LogP contribution in [-0.2, 0) is 9.84 Å². The van der Waals surface area contributed by atoms with Gasteiger partial charge in [0.25, 0.3) is 0 Å². The summed E-state index contributed by atoms with van der Waals surface area (Å²) < 4.78 is 24.4. The van der Waals surface area contributed by atoms with E-state index >= 15 is 0 Å². The normalized spacial score (nSPS) is 11.4. The van der Waals surface area contributed by atoms with E-state index in [1.54, 1.807) is 37.3 Å². The average Bonchev–Trinajstić information content (AvgIpc) is 2.33. The zero-order valence-corrected chi connectivity index (χ0v) is 10.1. The van der Waals surface area contributed by atoms with Crippen LogP contribution in [0.1, 0.15) is 5.56 Å². The first-order valence-corrected chi connectivity index (χ1v) is 6.60. The van der Waals surface area contributed by atoms with Crippen LogP contribution < -0.4 is 0 Å². The van der Waals surface area contributed by atoms with Crippen LogP contribution in [0.25, 0.3) is 0 Å². The summed E-state index contributed by atoms with van der Waals surface area (Å²) in [7, 11) is -3.49. The number of benzene rings is 2. The summed E-state index contributed by atoms with van der Waals surface area (Å²) >= 11 is 0. The van der Waals surface area contributed by atoms with Crippen molar-refractivity contribution >= 4 is 9.84 Å². The number of aryl methyl sites for hydroxylation is 1. The lowest BCUT2D eigenvalue weighted by Gasteiger charge is -2.06. The number of aromatic hydroxyl groups is 1. The molecule has 0 saturated heterocycles. The molecule has 0 radical (unpaired) electrons. The van der Waals surface area contributed by atoms with Gasteiger partial charge in [-0.25, -0.2) is 8.42 Å². The Hall–Kier alpha value is -1.81. The van der Waals surface area contributed by atoms with Gasteiger partial charge in [0.05, 0.1) is 9.79 Å². The van der Waals surface area contributed by atoms with Crippen molar-refractivity contribution in [3.63, 3.8) is 0 Å². The molecule has 0 aliphatic rings. The van der Waals surface area contributed by atoms with Gasteiger partial charge in [-0.15, -0.1) is 0 Å². The Balaban J connectivity index is 2.57. The van der Waals surface area contributed by atoms with Gasteiger partial charge < -0.3 is 5.11 Å². The number of rotatable bonds is 2. The molecule has 0 heterocycles. The first-order valence-electron chi connectivity index (χ1n) is 5.11. The highest BCUT2D eigenvalue weighted by Gasteiger charge is 2.17. The highest BCUT2D eigenvalue weighted by atomic mass is 32.2. The molecule has 0 aromatic heterocycles. The molecule has 1 N–H and O–H groups in total. The fourth-order valence-electron chi connectivity index (χ4n) is 1.53. The van der Waals surface area contributed by atoms with Crippen LogP contribution in [0, 0.1) is 6.92 Å². The molecule has 0 bridgehead atoms. The molecule has 17 heavy (non-hydrogen) atoms. The fourth-order valence-corrected chi connectivity index (χ4v) is 2.90. The van der Waals surface area contributed by atoms with Gasteiger partial charge in [-0.05, 0) is 42.8 Å². The van der Waals surface area contributed by atoms with Gasteiger partial charge >= 0.3 is 0 Å². The van der Waals surface area contributed by atoms with Gasteiger partial charge in [0.2, 0.25) is 9.84 Å². The molecule has 0 spiro atoms. The molecule has 0 fully saturated rings. The molecular formula is C13H12O3S. The summed E-state index contributed by atoms with van der Waals surface area (Å²) in [6.07, 6.45) is 0. The van der Waals surface area contributed by atoms with Gasteiger partial charge in [0.1, 0.15) is 5.75 Å². The molecule has 0 amide bonds. The highest BCUT2D eigenvalue weighted by molar-refractivity contribution is 7.91. The lowest BCUT2D eigenvalue weighted by atomic mass is 10.2. The van der Waals surface area contributed by atoms with Crippen LogP contribution in [-0.4, -0.2) is 13.5 Å². The number of hydrogen-bond acceptors (Lipinski definition) is 3. The van der Waals surface area contributed by atoms with Crippen LogP contribution in [0.15, 0.2) is 58.3 Å². The van der Waals surface area contributed by atoms with Crippen molar-refractivity contribution in [3.8, 4) is 5.75 Å². The van der Waals surface area contributed by atoms with Gasteiger partial charge in [0.15, 0.2) is 0 Å². The predicted molar refractivity (Wildman–Crippen MR) is 64.7 cm³/mol. The SMILES string of the molecule is Cc1cc(S(=O)(=O)c2ccccc2)ccc1O. The minimum Gasteiger partial charge on any atom is -0.508 e. The molecule has 4 heteroatoms. The van der Waals surface area contributed by atoms with E-state index in [2.05, 4.69) is 0 Å². The van der Waals surface area contributed by atoms with E-state index < -0.39 is 9.84 Å². The Morgan fingerprint density at radius 2 is 1.59 bits per heavy atom. The van der Waals surface area contributed by atoms with E-state index in [4.69, 9.17) is 0 Å². The Bertz CT molecular complexity index is 631. The van der Waals surface area contributed by atoms with E-state index in [0.29, 0.717) is 5.56 Å². The maximum absolute atomic E-state index is 12.2. The topological polar surface area (TPSA) is 54.4 Å². The van der Waals surface area contributed by atoms with Crippen LogP contribution in [0.5, 0.6) is 5.75 Å². The molecule has 0 aliphatic heterocycles. The highest BCUT2D eigenvalue weighted by Crippen LogP contribution is 2.25. The van der Waals surface area contributed by atoms with Crippen molar-refractivity contribution < 1.29 is 13.5 Å². The largest absolute Gasteiger partial charge is 0.508 e. The van der Waals surface area contributed by atoms with Gasteiger partial charge in [0, 0.05) is 0 Å². The fraction of sp³-hybridized carbons (Fsp3) is 0.0769. The van der Waals surface area contributed by atoms with Crippen molar-refractivity contribution in [2.24, 2.45) is 0 Å². The van der Waals surface area contributed by atoms with Gasteiger partial charge in [-0.3, -0.25) is 0 Å². The quantitative estimate of drug-likeness (QED) is 0.888. The van der Waals surface area contributed by atoms with E-state index in [0.717, 1.165) is 0 Å². The zero-order chi connectivity index (χ0) is 12.5. The van der Waals surface area contributed by atoms with E-state index in [1.807, 2.05) is 0 Å². The zero-order valence-electron chi connectivity index (χ0n) is 9.29. The number of hydrogen-bond donors (Lipinski definition) is 1. The Morgan fingerprint density at radius 1 is 0.941 bits per heavy atom. The van der Waals surface area contributed by atoms with E-state index in [1.165, 1.54) is 18.2 Å². The third kappa shape index (κ3) is 2.17. The summed E-state index contributed by atoms with van der Waals surface area (Å²) in [5.41, 5.74) is 0.544. The predicted octanol–water partition coefficient (Wildman–Crippen LogP) is 2.53. The first-order chi connectivity index (χ1) is 8.01. The van der Waals surface area contributed by atoms with Gasteiger partial charge in [-0.1, -0.05) is 18.2 Å². The summed E-state index contributed by atoms with van der Waals surface area (Å²) in [5.74, 6) is 0.0945. The molecule has 0 saturated carbocycles. The summed E-state index contributed by atoms with van der Waals surface area (Å²) in [6.45, 7) is 1.67. The third-order valence-corrected chi connectivity index (χ3v) is 4.30. The van der Waals surface area contributed by atoms with Crippen LogP contribution in [0.4, 0.5) is 0 Å². The monoisotopic (exact) mass is 248 g/mol. The second-order valence-corrected chi connectivity index (χ2v) is 5.71. The van der Waals surface area contributed by atoms with Crippen molar-refractivity contribution in [3.05, 3.63) is 54.1 Å². The Labute approximate surface area is 100 Å². The van der Waals surface area contributed by atoms with Crippen LogP contribution >= 0.6 is 0 Å². The average molecular weight is 248 g/mol. The molecule has 2 aromatic rings. The second-order valence-electron chi connectivity index (χ2n) is 3.76.